The van der Waals surface area contributed by atoms with E-state index < -0.39 is 6.09 Å². The highest BCUT2D eigenvalue weighted by molar-refractivity contribution is 6.30. The fraction of sp³-hybridized carbons (Fsp3) is 0.417. The fourth-order valence-corrected chi connectivity index (χ4v) is 2.05. The molecule has 0 aliphatic heterocycles. The van der Waals surface area contributed by atoms with Crippen LogP contribution >= 0.6 is 11.6 Å². The molecule has 1 fully saturated rings. The number of carbonyl (C=O) groups excluding carboxylic acids is 1. The molecule has 1 aromatic rings. The molecule has 0 radical (unpaired) electrons. The van der Waals surface area contributed by atoms with E-state index in [0.717, 1.165) is 19.3 Å². The zero-order valence-corrected chi connectivity index (χ0v) is 10.1. The minimum absolute atomic E-state index is 0.0361. The second-order valence-electron chi connectivity index (χ2n) is 4.17. The highest BCUT2D eigenvalue weighted by Gasteiger charge is 2.27. The van der Waals surface area contributed by atoms with Gasteiger partial charge in [0.1, 0.15) is 6.10 Å². The lowest BCUT2D eigenvalue weighted by atomic mass is 10.2. The maximum Gasteiger partial charge on any atom is 0.411 e. The van der Waals surface area contributed by atoms with Crippen LogP contribution in [0.15, 0.2) is 24.3 Å². The molecule has 1 amide bonds. The van der Waals surface area contributed by atoms with E-state index in [-0.39, 0.29) is 12.1 Å². The van der Waals surface area contributed by atoms with Crippen LogP contribution in [0.2, 0.25) is 5.02 Å². The number of halogens is 1. The van der Waals surface area contributed by atoms with Crippen LogP contribution in [0.4, 0.5) is 10.5 Å². The molecule has 92 valence electrons. The summed E-state index contributed by atoms with van der Waals surface area (Å²) in [5, 5.41) is 3.27. The van der Waals surface area contributed by atoms with Crippen LogP contribution in [0, 0.1) is 0 Å². The summed E-state index contributed by atoms with van der Waals surface area (Å²) < 4.78 is 5.25. The Hall–Kier alpha value is -1.26. The number of ether oxygens (including phenoxy) is 1. The molecule has 0 heterocycles. The summed E-state index contributed by atoms with van der Waals surface area (Å²) in [5.74, 6) is 0. The van der Waals surface area contributed by atoms with Crippen LogP contribution < -0.4 is 11.1 Å². The van der Waals surface area contributed by atoms with E-state index in [9.17, 15) is 4.79 Å². The Morgan fingerprint density at radius 3 is 2.65 bits per heavy atom. The van der Waals surface area contributed by atoms with Crippen molar-refractivity contribution in [2.24, 2.45) is 5.73 Å². The molecular formula is C12H15ClN2O2. The van der Waals surface area contributed by atoms with Gasteiger partial charge in [0.2, 0.25) is 0 Å². The smallest absolute Gasteiger partial charge is 0.411 e. The molecule has 0 spiro atoms. The van der Waals surface area contributed by atoms with Gasteiger partial charge in [-0.05, 0) is 43.5 Å². The number of rotatable bonds is 2. The Kier molecular flexibility index (Phi) is 3.86. The standard InChI is InChI=1S/C12H15ClN2O2/c13-8-4-6-9(7-5-8)15-12(16)17-11-3-1-2-10(11)14/h4-7,10-11H,1-3,14H2,(H,15,16). The lowest BCUT2D eigenvalue weighted by Crippen LogP contribution is -2.34. The molecule has 3 N–H and O–H groups in total. The maximum absolute atomic E-state index is 11.6. The number of hydrogen-bond acceptors (Lipinski definition) is 3. The number of nitrogens with one attached hydrogen (secondary N) is 1. The van der Waals surface area contributed by atoms with E-state index >= 15 is 0 Å². The van der Waals surface area contributed by atoms with Crippen LogP contribution in [0.5, 0.6) is 0 Å². The Labute approximate surface area is 105 Å². The van der Waals surface area contributed by atoms with Crippen molar-refractivity contribution < 1.29 is 9.53 Å². The van der Waals surface area contributed by atoms with Crippen molar-refractivity contribution in [2.75, 3.05) is 5.32 Å². The average Bonchev–Trinajstić information content (AvgIpc) is 2.68. The lowest BCUT2D eigenvalue weighted by Gasteiger charge is -2.16. The van der Waals surface area contributed by atoms with E-state index in [2.05, 4.69) is 5.32 Å². The third-order valence-electron chi connectivity index (χ3n) is 2.85. The highest BCUT2D eigenvalue weighted by Crippen LogP contribution is 2.21. The predicted molar refractivity (Wildman–Crippen MR) is 67.2 cm³/mol. The molecule has 5 heteroatoms. The molecule has 1 saturated carbocycles. The van der Waals surface area contributed by atoms with Crippen molar-refractivity contribution in [1.82, 2.24) is 0 Å². The fourth-order valence-electron chi connectivity index (χ4n) is 1.92. The van der Waals surface area contributed by atoms with Crippen molar-refractivity contribution >= 4 is 23.4 Å². The SMILES string of the molecule is NC1CCCC1OC(=O)Nc1ccc(Cl)cc1. The van der Waals surface area contributed by atoms with Gasteiger partial charge in [-0.1, -0.05) is 11.6 Å². The quantitative estimate of drug-likeness (QED) is 0.853. The van der Waals surface area contributed by atoms with Crippen LogP contribution in [0.1, 0.15) is 19.3 Å². The Balaban J connectivity index is 1.86. The van der Waals surface area contributed by atoms with E-state index in [1.807, 2.05) is 0 Å². The zero-order chi connectivity index (χ0) is 12.3. The van der Waals surface area contributed by atoms with Crippen LogP contribution in [0.3, 0.4) is 0 Å². The lowest BCUT2D eigenvalue weighted by molar-refractivity contribution is 0.105. The van der Waals surface area contributed by atoms with Gasteiger partial charge < -0.3 is 10.5 Å². The second-order valence-corrected chi connectivity index (χ2v) is 4.61. The number of anilines is 1. The van der Waals surface area contributed by atoms with Crippen molar-refractivity contribution in [3.8, 4) is 0 Å². The molecule has 2 atom stereocenters. The summed E-state index contributed by atoms with van der Waals surface area (Å²) in [6.45, 7) is 0. The molecule has 1 aliphatic rings. The van der Waals surface area contributed by atoms with E-state index in [0.29, 0.717) is 10.7 Å². The molecule has 17 heavy (non-hydrogen) atoms. The number of nitrogens with two attached hydrogens (primary N) is 1. The number of amides is 1. The summed E-state index contributed by atoms with van der Waals surface area (Å²) in [6, 6.07) is 6.82. The summed E-state index contributed by atoms with van der Waals surface area (Å²) in [6.07, 6.45) is 2.14. The first-order valence-electron chi connectivity index (χ1n) is 5.64. The second kappa shape index (κ2) is 5.38. The highest BCUT2D eigenvalue weighted by atomic mass is 35.5. The normalized spacial score (nSPS) is 23.4. The number of hydrogen-bond donors (Lipinski definition) is 2. The van der Waals surface area contributed by atoms with Gasteiger partial charge in [-0.3, -0.25) is 5.32 Å². The predicted octanol–water partition coefficient (Wildman–Crippen LogP) is 2.77. The monoisotopic (exact) mass is 254 g/mol. The first-order chi connectivity index (χ1) is 8.15. The zero-order valence-electron chi connectivity index (χ0n) is 9.36. The van der Waals surface area contributed by atoms with Gasteiger partial charge >= 0.3 is 6.09 Å². The van der Waals surface area contributed by atoms with Gasteiger partial charge in [0.25, 0.3) is 0 Å². The van der Waals surface area contributed by atoms with Crippen LogP contribution in [-0.4, -0.2) is 18.2 Å². The minimum atomic E-state index is -0.463. The summed E-state index contributed by atoms with van der Waals surface area (Å²) >= 11 is 5.74. The van der Waals surface area contributed by atoms with Gasteiger partial charge in [0, 0.05) is 16.8 Å². The van der Waals surface area contributed by atoms with Gasteiger partial charge in [-0.15, -0.1) is 0 Å². The molecular weight excluding hydrogens is 240 g/mol. The number of carbonyl (C=O) groups is 1. The van der Waals surface area contributed by atoms with Gasteiger partial charge in [-0.25, -0.2) is 4.79 Å². The molecule has 1 aliphatic carbocycles. The van der Waals surface area contributed by atoms with Gasteiger partial charge in [0.15, 0.2) is 0 Å². The van der Waals surface area contributed by atoms with Crippen LogP contribution in [-0.2, 0) is 4.74 Å². The molecule has 0 bridgehead atoms. The summed E-state index contributed by atoms with van der Waals surface area (Å²) in [7, 11) is 0. The van der Waals surface area contributed by atoms with Crippen molar-refractivity contribution in [1.29, 1.82) is 0 Å². The largest absolute Gasteiger partial charge is 0.444 e. The topological polar surface area (TPSA) is 64.3 Å². The number of benzene rings is 1. The molecule has 1 aromatic carbocycles. The molecule has 2 rings (SSSR count). The van der Waals surface area contributed by atoms with E-state index in [1.165, 1.54) is 0 Å². The van der Waals surface area contributed by atoms with E-state index in [4.69, 9.17) is 22.1 Å². The Morgan fingerprint density at radius 2 is 2.06 bits per heavy atom. The first kappa shape index (κ1) is 12.2. The minimum Gasteiger partial charge on any atom is -0.444 e. The maximum atomic E-state index is 11.6. The van der Waals surface area contributed by atoms with Crippen molar-refractivity contribution in [2.45, 2.75) is 31.4 Å². The van der Waals surface area contributed by atoms with Crippen molar-refractivity contribution in [3.63, 3.8) is 0 Å². The average molecular weight is 255 g/mol. The molecule has 0 aromatic heterocycles. The first-order valence-corrected chi connectivity index (χ1v) is 6.02. The third-order valence-corrected chi connectivity index (χ3v) is 3.10. The van der Waals surface area contributed by atoms with Gasteiger partial charge in [-0.2, -0.15) is 0 Å². The summed E-state index contributed by atoms with van der Waals surface area (Å²) in [5.41, 5.74) is 6.48. The molecule has 4 nitrogen and oxygen atoms in total. The molecule has 0 saturated heterocycles. The summed E-state index contributed by atoms with van der Waals surface area (Å²) in [4.78, 5) is 11.6. The van der Waals surface area contributed by atoms with E-state index in [1.54, 1.807) is 24.3 Å². The Morgan fingerprint density at radius 1 is 1.35 bits per heavy atom. The molecule has 2 unspecified atom stereocenters. The van der Waals surface area contributed by atoms with Gasteiger partial charge in [0.05, 0.1) is 0 Å². The Bertz CT molecular complexity index is 394. The third kappa shape index (κ3) is 3.35. The van der Waals surface area contributed by atoms with Crippen molar-refractivity contribution in [3.05, 3.63) is 29.3 Å². The van der Waals surface area contributed by atoms with Crippen LogP contribution in [0.25, 0.3) is 0 Å².